The molecule has 0 saturated heterocycles. The van der Waals surface area contributed by atoms with Crippen LogP contribution in [-0.2, 0) is 5.54 Å². The molecule has 1 saturated carbocycles. The zero-order valence-electron chi connectivity index (χ0n) is 14.5. The molecular weight excluding hydrogens is 294 g/mol. The van der Waals surface area contributed by atoms with Crippen molar-refractivity contribution in [3.8, 4) is 0 Å². The largest absolute Gasteiger partial charge is 0.343 e. The molecule has 126 valence electrons. The predicted octanol–water partition coefficient (Wildman–Crippen LogP) is 5.30. The van der Waals surface area contributed by atoms with E-state index in [1.165, 1.54) is 37.7 Å². The highest BCUT2D eigenvalue weighted by molar-refractivity contribution is 5.94. The first-order valence-electron chi connectivity index (χ1n) is 9.10. The van der Waals surface area contributed by atoms with Gasteiger partial charge in [0.2, 0.25) is 0 Å². The zero-order valence-corrected chi connectivity index (χ0v) is 14.5. The third-order valence-corrected chi connectivity index (χ3v) is 5.26. The zero-order chi connectivity index (χ0) is 16.8. The van der Waals surface area contributed by atoms with Crippen molar-refractivity contribution in [1.29, 1.82) is 0 Å². The first kappa shape index (κ1) is 16.8. The number of nitrogens with one attached hydrogen (secondary N) is 1. The van der Waals surface area contributed by atoms with Crippen LogP contribution >= 0.6 is 0 Å². The van der Waals surface area contributed by atoms with Crippen LogP contribution in [0.2, 0.25) is 0 Å². The SMILES string of the molecule is CC(CC1CCCCC1)(NC(=O)c1ccccc1)c1ccccc1. The van der Waals surface area contributed by atoms with E-state index in [0.29, 0.717) is 5.92 Å². The van der Waals surface area contributed by atoms with Crippen LogP contribution in [0.4, 0.5) is 0 Å². The summed E-state index contributed by atoms with van der Waals surface area (Å²) in [6.07, 6.45) is 7.57. The van der Waals surface area contributed by atoms with Crippen molar-refractivity contribution in [2.24, 2.45) is 5.92 Å². The number of hydrogen-bond acceptors (Lipinski definition) is 1. The average molecular weight is 321 g/mol. The highest BCUT2D eigenvalue weighted by Crippen LogP contribution is 2.35. The van der Waals surface area contributed by atoms with Gasteiger partial charge in [-0.3, -0.25) is 4.79 Å². The predicted molar refractivity (Wildman–Crippen MR) is 98.9 cm³/mol. The Kier molecular flexibility index (Phi) is 5.34. The molecule has 0 bridgehead atoms. The summed E-state index contributed by atoms with van der Waals surface area (Å²) in [6.45, 7) is 2.18. The molecule has 1 atom stereocenters. The van der Waals surface area contributed by atoms with Crippen molar-refractivity contribution in [2.75, 3.05) is 0 Å². The lowest BCUT2D eigenvalue weighted by atomic mass is 9.77. The van der Waals surface area contributed by atoms with Crippen molar-refractivity contribution < 1.29 is 4.79 Å². The summed E-state index contributed by atoms with van der Waals surface area (Å²) in [4.78, 5) is 12.8. The van der Waals surface area contributed by atoms with Gasteiger partial charge in [-0.1, -0.05) is 80.6 Å². The quantitative estimate of drug-likeness (QED) is 0.795. The van der Waals surface area contributed by atoms with Gasteiger partial charge >= 0.3 is 0 Å². The molecule has 1 aliphatic carbocycles. The lowest BCUT2D eigenvalue weighted by Crippen LogP contribution is -2.45. The molecule has 1 unspecified atom stereocenters. The lowest BCUT2D eigenvalue weighted by molar-refractivity contribution is 0.0883. The minimum atomic E-state index is -0.323. The van der Waals surface area contributed by atoms with E-state index >= 15 is 0 Å². The van der Waals surface area contributed by atoms with Gasteiger partial charge in [-0.25, -0.2) is 0 Å². The van der Waals surface area contributed by atoms with Gasteiger partial charge in [0.1, 0.15) is 0 Å². The molecular formula is C22H27NO. The molecule has 0 aromatic heterocycles. The highest BCUT2D eigenvalue weighted by Gasteiger charge is 2.32. The topological polar surface area (TPSA) is 29.1 Å². The van der Waals surface area contributed by atoms with E-state index in [2.05, 4.69) is 36.5 Å². The van der Waals surface area contributed by atoms with Crippen molar-refractivity contribution in [3.05, 3.63) is 71.8 Å². The fraction of sp³-hybridized carbons (Fsp3) is 0.409. The van der Waals surface area contributed by atoms with Gasteiger partial charge in [0.15, 0.2) is 0 Å². The van der Waals surface area contributed by atoms with Crippen LogP contribution < -0.4 is 5.32 Å². The maximum atomic E-state index is 12.8. The Labute approximate surface area is 145 Å². The lowest BCUT2D eigenvalue weighted by Gasteiger charge is -2.36. The highest BCUT2D eigenvalue weighted by atomic mass is 16.1. The van der Waals surface area contributed by atoms with Gasteiger partial charge in [-0.05, 0) is 37.0 Å². The van der Waals surface area contributed by atoms with Crippen LogP contribution in [-0.4, -0.2) is 5.91 Å². The molecule has 0 aliphatic heterocycles. The number of carbonyl (C=O) groups excluding carboxylic acids is 1. The Morgan fingerprint density at radius 2 is 1.54 bits per heavy atom. The summed E-state index contributed by atoms with van der Waals surface area (Å²) in [5.41, 5.74) is 1.60. The molecule has 0 heterocycles. The van der Waals surface area contributed by atoms with E-state index in [9.17, 15) is 4.79 Å². The van der Waals surface area contributed by atoms with E-state index in [0.717, 1.165) is 12.0 Å². The van der Waals surface area contributed by atoms with E-state index in [4.69, 9.17) is 0 Å². The summed E-state index contributed by atoms with van der Waals surface area (Å²) >= 11 is 0. The summed E-state index contributed by atoms with van der Waals surface area (Å²) in [5, 5.41) is 3.33. The maximum Gasteiger partial charge on any atom is 0.251 e. The monoisotopic (exact) mass is 321 g/mol. The molecule has 0 spiro atoms. The Hall–Kier alpha value is -2.09. The molecule has 2 nitrogen and oxygen atoms in total. The van der Waals surface area contributed by atoms with Gasteiger partial charge in [0, 0.05) is 5.56 Å². The summed E-state index contributed by atoms with van der Waals surface area (Å²) in [5.74, 6) is 0.706. The second kappa shape index (κ2) is 7.65. The molecule has 0 radical (unpaired) electrons. The normalized spacial score (nSPS) is 17.9. The smallest absolute Gasteiger partial charge is 0.251 e. The minimum absolute atomic E-state index is 0.0118. The van der Waals surface area contributed by atoms with E-state index in [1.54, 1.807) is 0 Å². The van der Waals surface area contributed by atoms with Gasteiger partial charge in [0.05, 0.1) is 5.54 Å². The number of benzene rings is 2. The molecule has 1 fully saturated rings. The van der Waals surface area contributed by atoms with Crippen LogP contribution in [0.3, 0.4) is 0 Å². The molecule has 3 rings (SSSR count). The number of amides is 1. The van der Waals surface area contributed by atoms with Crippen LogP contribution in [0, 0.1) is 5.92 Å². The van der Waals surface area contributed by atoms with Gasteiger partial charge in [-0.15, -0.1) is 0 Å². The molecule has 2 heteroatoms. The molecule has 1 aliphatic rings. The number of carbonyl (C=O) groups is 1. The Morgan fingerprint density at radius 3 is 2.17 bits per heavy atom. The third-order valence-electron chi connectivity index (χ3n) is 5.26. The van der Waals surface area contributed by atoms with Gasteiger partial charge in [-0.2, -0.15) is 0 Å². The fourth-order valence-electron chi connectivity index (χ4n) is 3.93. The molecule has 24 heavy (non-hydrogen) atoms. The average Bonchev–Trinajstić information content (AvgIpc) is 2.64. The van der Waals surface area contributed by atoms with Crippen LogP contribution in [0.15, 0.2) is 60.7 Å². The Bertz CT molecular complexity index is 646. The third kappa shape index (κ3) is 4.05. The van der Waals surface area contributed by atoms with Crippen LogP contribution in [0.25, 0.3) is 0 Å². The van der Waals surface area contributed by atoms with E-state index in [1.807, 2.05) is 36.4 Å². The Balaban J connectivity index is 1.82. The maximum absolute atomic E-state index is 12.8. The van der Waals surface area contributed by atoms with Crippen molar-refractivity contribution in [1.82, 2.24) is 5.32 Å². The van der Waals surface area contributed by atoms with Gasteiger partial charge < -0.3 is 5.32 Å². The van der Waals surface area contributed by atoms with Crippen molar-refractivity contribution in [3.63, 3.8) is 0 Å². The summed E-state index contributed by atoms with van der Waals surface area (Å²) in [7, 11) is 0. The first-order valence-corrected chi connectivity index (χ1v) is 9.10. The fourth-order valence-corrected chi connectivity index (χ4v) is 3.93. The molecule has 2 aromatic carbocycles. The van der Waals surface area contributed by atoms with Crippen molar-refractivity contribution in [2.45, 2.75) is 51.0 Å². The van der Waals surface area contributed by atoms with Gasteiger partial charge in [0.25, 0.3) is 5.91 Å². The van der Waals surface area contributed by atoms with Crippen LogP contribution in [0.5, 0.6) is 0 Å². The van der Waals surface area contributed by atoms with E-state index in [-0.39, 0.29) is 11.4 Å². The minimum Gasteiger partial charge on any atom is -0.343 e. The number of hydrogen-bond donors (Lipinski definition) is 1. The molecule has 2 aromatic rings. The summed E-state index contributed by atoms with van der Waals surface area (Å²) < 4.78 is 0. The molecule has 1 amide bonds. The summed E-state index contributed by atoms with van der Waals surface area (Å²) in [6, 6.07) is 19.9. The standard InChI is InChI=1S/C22H27NO/c1-22(20-15-9-4-10-16-20,17-18-11-5-2-6-12-18)23-21(24)19-13-7-3-8-14-19/h3-4,7-10,13-16,18H,2,5-6,11-12,17H2,1H3,(H,23,24). The van der Waals surface area contributed by atoms with E-state index < -0.39 is 0 Å². The first-order chi connectivity index (χ1) is 11.7. The second-order valence-electron chi connectivity index (χ2n) is 7.23. The number of rotatable bonds is 5. The Morgan fingerprint density at radius 1 is 0.958 bits per heavy atom. The molecule has 1 N–H and O–H groups in total. The van der Waals surface area contributed by atoms with Crippen molar-refractivity contribution >= 4 is 5.91 Å². The second-order valence-corrected chi connectivity index (χ2v) is 7.23. The van der Waals surface area contributed by atoms with Crippen LogP contribution in [0.1, 0.15) is 61.4 Å².